The molecule has 0 saturated heterocycles. The molecule has 0 unspecified atom stereocenters. The van der Waals surface area contributed by atoms with Gasteiger partial charge in [0.15, 0.2) is 5.78 Å². The maximum absolute atomic E-state index is 11.6. The van der Waals surface area contributed by atoms with Gasteiger partial charge in [-0.15, -0.1) is 11.3 Å². The molecule has 6 heteroatoms. The van der Waals surface area contributed by atoms with Crippen molar-refractivity contribution < 1.29 is 14.3 Å². The minimum Gasteiger partial charge on any atom is -0.444 e. The van der Waals surface area contributed by atoms with Gasteiger partial charge in [-0.2, -0.15) is 0 Å². The Morgan fingerprint density at radius 2 is 1.90 bits per heavy atom. The fourth-order valence-corrected chi connectivity index (χ4v) is 2.41. The molecule has 1 amide bonds. The molecule has 0 saturated carbocycles. The van der Waals surface area contributed by atoms with Crippen LogP contribution in [0.15, 0.2) is 5.38 Å². The van der Waals surface area contributed by atoms with Gasteiger partial charge in [0.25, 0.3) is 0 Å². The van der Waals surface area contributed by atoms with Crippen molar-refractivity contribution in [1.82, 2.24) is 10.3 Å². The molecular formula is C14H22N2O3S. The molecule has 5 nitrogen and oxygen atoms in total. The van der Waals surface area contributed by atoms with E-state index in [2.05, 4.69) is 10.3 Å². The van der Waals surface area contributed by atoms with Gasteiger partial charge in [0.1, 0.15) is 16.3 Å². The highest BCUT2D eigenvalue weighted by atomic mass is 32.1. The first-order valence-corrected chi connectivity index (χ1v) is 7.33. The Kier molecular flexibility index (Phi) is 4.91. The molecule has 20 heavy (non-hydrogen) atoms. The summed E-state index contributed by atoms with van der Waals surface area (Å²) in [5, 5.41) is 5.30. The molecule has 112 valence electrons. The Bertz CT molecular complexity index is 501. The van der Waals surface area contributed by atoms with Crippen LogP contribution < -0.4 is 5.32 Å². The lowest BCUT2D eigenvalue weighted by Crippen LogP contribution is -2.39. The van der Waals surface area contributed by atoms with Crippen LogP contribution in [0.5, 0.6) is 0 Å². The van der Waals surface area contributed by atoms with Gasteiger partial charge < -0.3 is 10.1 Å². The summed E-state index contributed by atoms with van der Waals surface area (Å²) in [5.41, 5.74) is -0.401. The van der Waals surface area contributed by atoms with Crippen LogP contribution in [0.3, 0.4) is 0 Å². The predicted octanol–water partition coefficient (Wildman–Crippen LogP) is 3.15. The Hall–Kier alpha value is -1.43. The quantitative estimate of drug-likeness (QED) is 0.867. The normalized spacial score (nSPS) is 12.1. The molecule has 0 atom stereocenters. The van der Waals surface area contributed by atoms with Crippen molar-refractivity contribution in [2.75, 3.05) is 6.54 Å². The average Bonchev–Trinajstić information content (AvgIpc) is 2.74. The van der Waals surface area contributed by atoms with Crippen molar-refractivity contribution in [3.05, 3.63) is 16.1 Å². The Balaban J connectivity index is 2.65. The molecule has 0 spiro atoms. The molecule has 1 N–H and O–H groups in total. The number of carbonyl (C=O) groups excluding carboxylic acids is 2. The molecule has 1 rings (SSSR count). The number of thiazole rings is 1. The number of hydrogen-bond acceptors (Lipinski definition) is 5. The highest BCUT2D eigenvalue weighted by Crippen LogP contribution is 2.26. The highest BCUT2D eigenvalue weighted by Gasteiger charge is 2.27. The van der Waals surface area contributed by atoms with Crippen LogP contribution >= 0.6 is 11.3 Å². The smallest absolute Gasteiger partial charge is 0.407 e. The van der Waals surface area contributed by atoms with E-state index in [9.17, 15) is 9.59 Å². The van der Waals surface area contributed by atoms with Crippen LogP contribution in [0.25, 0.3) is 0 Å². The second-order valence-electron chi connectivity index (χ2n) is 6.33. The minimum absolute atomic E-state index is 0.0524. The van der Waals surface area contributed by atoms with Crippen molar-refractivity contribution in [3.63, 3.8) is 0 Å². The number of carbonyl (C=O) groups is 2. The van der Waals surface area contributed by atoms with E-state index >= 15 is 0 Å². The Labute approximate surface area is 123 Å². The summed E-state index contributed by atoms with van der Waals surface area (Å²) in [6, 6.07) is 0. The molecular weight excluding hydrogens is 276 g/mol. The molecule has 0 radical (unpaired) electrons. The van der Waals surface area contributed by atoms with Crippen molar-refractivity contribution in [2.24, 2.45) is 0 Å². The van der Waals surface area contributed by atoms with Gasteiger partial charge in [-0.1, -0.05) is 13.8 Å². The number of hydrogen-bond donors (Lipinski definition) is 1. The van der Waals surface area contributed by atoms with Gasteiger partial charge in [-0.05, 0) is 20.8 Å². The van der Waals surface area contributed by atoms with Crippen molar-refractivity contribution in [1.29, 1.82) is 0 Å². The zero-order valence-electron chi connectivity index (χ0n) is 12.9. The summed E-state index contributed by atoms with van der Waals surface area (Å²) in [4.78, 5) is 27.2. The van der Waals surface area contributed by atoms with Gasteiger partial charge in [0.2, 0.25) is 0 Å². The van der Waals surface area contributed by atoms with Gasteiger partial charge in [0, 0.05) is 24.3 Å². The summed E-state index contributed by atoms with van der Waals surface area (Å²) < 4.78 is 5.19. The third-order valence-electron chi connectivity index (χ3n) is 2.52. The Morgan fingerprint density at radius 3 is 2.35 bits per heavy atom. The lowest BCUT2D eigenvalue weighted by atomic mass is 9.94. The third kappa shape index (κ3) is 4.92. The van der Waals surface area contributed by atoms with E-state index in [0.29, 0.717) is 12.2 Å². The standard InChI is InChI=1S/C14H22N2O3S/c1-9(17)10-7-20-11(16-10)14(5,6)8-15-12(18)19-13(2,3)4/h7H,8H2,1-6H3,(H,15,18). The summed E-state index contributed by atoms with van der Waals surface area (Å²) in [7, 11) is 0. The summed E-state index contributed by atoms with van der Waals surface area (Å²) in [6.07, 6.45) is -0.450. The molecule has 0 aliphatic heterocycles. The predicted molar refractivity (Wildman–Crippen MR) is 79.4 cm³/mol. The van der Waals surface area contributed by atoms with Crippen molar-refractivity contribution >= 4 is 23.2 Å². The summed E-state index contributed by atoms with van der Waals surface area (Å²) in [6.45, 7) is 11.3. The summed E-state index contributed by atoms with van der Waals surface area (Å²) in [5.74, 6) is -0.0524. The molecule has 1 aromatic heterocycles. The van der Waals surface area contributed by atoms with Crippen LogP contribution in [0.4, 0.5) is 4.79 Å². The molecule has 0 aliphatic rings. The zero-order chi connectivity index (χ0) is 15.6. The lowest BCUT2D eigenvalue weighted by molar-refractivity contribution is 0.0517. The largest absolute Gasteiger partial charge is 0.444 e. The average molecular weight is 298 g/mol. The lowest BCUT2D eigenvalue weighted by Gasteiger charge is -2.24. The molecule has 0 aromatic carbocycles. The monoisotopic (exact) mass is 298 g/mol. The number of amides is 1. The van der Waals surface area contributed by atoms with Crippen molar-refractivity contribution in [3.8, 4) is 0 Å². The molecule has 0 fully saturated rings. The fraction of sp³-hybridized carbons (Fsp3) is 0.643. The summed E-state index contributed by atoms with van der Waals surface area (Å²) >= 11 is 1.43. The first-order chi connectivity index (χ1) is 9.01. The van der Waals surface area contributed by atoms with E-state index < -0.39 is 11.7 Å². The van der Waals surface area contributed by atoms with Crippen LogP contribution in [0.1, 0.15) is 57.0 Å². The van der Waals surface area contributed by atoms with Crippen molar-refractivity contribution in [2.45, 2.75) is 52.6 Å². The highest BCUT2D eigenvalue weighted by molar-refractivity contribution is 7.10. The number of nitrogens with one attached hydrogen (secondary N) is 1. The van der Waals surface area contributed by atoms with E-state index in [1.54, 1.807) is 5.38 Å². The van der Waals surface area contributed by atoms with Crippen LogP contribution in [0, 0.1) is 0 Å². The zero-order valence-corrected chi connectivity index (χ0v) is 13.7. The van der Waals surface area contributed by atoms with E-state index in [0.717, 1.165) is 5.01 Å². The van der Waals surface area contributed by atoms with E-state index in [-0.39, 0.29) is 11.2 Å². The second-order valence-corrected chi connectivity index (χ2v) is 7.19. The van der Waals surface area contributed by atoms with E-state index in [1.807, 2.05) is 34.6 Å². The molecule has 0 bridgehead atoms. The number of ketones is 1. The van der Waals surface area contributed by atoms with Crippen LogP contribution in [-0.2, 0) is 10.2 Å². The number of rotatable bonds is 4. The second kappa shape index (κ2) is 5.91. The molecule has 0 aliphatic carbocycles. The SMILES string of the molecule is CC(=O)c1csc(C(C)(C)CNC(=O)OC(C)(C)C)n1. The Morgan fingerprint density at radius 1 is 1.30 bits per heavy atom. The van der Waals surface area contributed by atoms with Gasteiger partial charge >= 0.3 is 6.09 Å². The maximum Gasteiger partial charge on any atom is 0.407 e. The molecule has 1 aromatic rings. The van der Waals surface area contributed by atoms with E-state index in [4.69, 9.17) is 4.74 Å². The number of Topliss-reactive ketones (excluding diaryl/α,β-unsaturated/α-hetero) is 1. The fourth-order valence-electron chi connectivity index (χ4n) is 1.43. The van der Waals surface area contributed by atoms with Gasteiger partial charge in [-0.3, -0.25) is 4.79 Å². The number of nitrogens with zero attached hydrogens (tertiary/aromatic N) is 1. The minimum atomic E-state index is -0.517. The van der Waals surface area contributed by atoms with Gasteiger partial charge in [0.05, 0.1) is 0 Å². The number of ether oxygens (including phenoxy) is 1. The van der Waals surface area contributed by atoms with Gasteiger partial charge in [-0.25, -0.2) is 9.78 Å². The topological polar surface area (TPSA) is 68.3 Å². The van der Waals surface area contributed by atoms with Crippen LogP contribution in [0.2, 0.25) is 0 Å². The number of aromatic nitrogens is 1. The van der Waals surface area contributed by atoms with Crippen LogP contribution in [-0.4, -0.2) is 29.0 Å². The first-order valence-electron chi connectivity index (χ1n) is 6.45. The first kappa shape index (κ1) is 16.6. The maximum atomic E-state index is 11.6. The third-order valence-corrected chi connectivity index (χ3v) is 3.73. The van der Waals surface area contributed by atoms with E-state index in [1.165, 1.54) is 18.3 Å². The number of alkyl carbamates (subject to hydrolysis) is 1. The molecule has 1 heterocycles.